The largest absolute Gasteiger partial charge is 0.481 e. The molecular weight excluding hydrogens is 345 g/mol. The van der Waals surface area contributed by atoms with Gasteiger partial charge in [0.05, 0.1) is 15.7 Å². The van der Waals surface area contributed by atoms with Crippen LogP contribution < -0.4 is 10.1 Å². The Morgan fingerprint density at radius 2 is 1.91 bits per heavy atom. The number of halogens is 3. The van der Waals surface area contributed by atoms with Crippen molar-refractivity contribution in [2.75, 3.05) is 5.32 Å². The molecule has 0 saturated heterocycles. The first-order valence-corrected chi connectivity index (χ1v) is 7.81. The SMILES string of the molecule is CCC(Oc1cccc(Cl)c1)C(=O)Nc1cccc(Cl)c1Cl. The maximum atomic E-state index is 12.3. The van der Waals surface area contributed by atoms with E-state index in [-0.39, 0.29) is 5.91 Å². The Morgan fingerprint density at radius 3 is 2.59 bits per heavy atom. The minimum atomic E-state index is -0.659. The Bertz CT molecular complexity index is 676. The van der Waals surface area contributed by atoms with Crippen LogP contribution in [0.5, 0.6) is 5.75 Å². The lowest BCUT2D eigenvalue weighted by molar-refractivity contribution is -0.122. The Kier molecular flexibility index (Phi) is 5.95. The number of carbonyl (C=O) groups is 1. The van der Waals surface area contributed by atoms with E-state index in [1.165, 1.54) is 0 Å². The number of hydrogen-bond donors (Lipinski definition) is 1. The molecule has 1 N–H and O–H groups in total. The van der Waals surface area contributed by atoms with Crippen LogP contribution in [-0.4, -0.2) is 12.0 Å². The van der Waals surface area contributed by atoms with Crippen LogP contribution in [0.2, 0.25) is 15.1 Å². The fourth-order valence-corrected chi connectivity index (χ4v) is 2.37. The maximum Gasteiger partial charge on any atom is 0.265 e. The van der Waals surface area contributed by atoms with Gasteiger partial charge in [0.15, 0.2) is 6.10 Å². The third kappa shape index (κ3) is 4.29. The highest BCUT2D eigenvalue weighted by molar-refractivity contribution is 6.44. The summed E-state index contributed by atoms with van der Waals surface area (Å²) in [5.41, 5.74) is 0.451. The summed E-state index contributed by atoms with van der Waals surface area (Å²) >= 11 is 17.9. The molecule has 1 unspecified atom stereocenters. The molecule has 1 atom stereocenters. The van der Waals surface area contributed by atoms with Gasteiger partial charge in [0.25, 0.3) is 5.91 Å². The first kappa shape index (κ1) is 16.9. The van der Waals surface area contributed by atoms with Gasteiger partial charge in [-0.2, -0.15) is 0 Å². The van der Waals surface area contributed by atoms with Crippen molar-refractivity contribution in [2.45, 2.75) is 19.4 Å². The van der Waals surface area contributed by atoms with Crippen molar-refractivity contribution in [3.63, 3.8) is 0 Å². The van der Waals surface area contributed by atoms with Crippen molar-refractivity contribution in [3.05, 3.63) is 57.5 Å². The van der Waals surface area contributed by atoms with Gasteiger partial charge in [0, 0.05) is 5.02 Å². The second-order valence-corrected chi connectivity index (χ2v) is 5.78. The predicted molar refractivity (Wildman–Crippen MR) is 91.3 cm³/mol. The quantitative estimate of drug-likeness (QED) is 0.772. The van der Waals surface area contributed by atoms with E-state index in [1.807, 2.05) is 6.92 Å². The highest BCUT2D eigenvalue weighted by Crippen LogP contribution is 2.30. The summed E-state index contributed by atoms with van der Waals surface area (Å²) in [7, 11) is 0. The van der Waals surface area contributed by atoms with Gasteiger partial charge >= 0.3 is 0 Å². The third-order valence-electron chi connectivity index (χ3n) is 2.95. The lowest BCUT2D eigenvalue weighted by Gasteiger charge is -2.18. The summed E-state index contributed by atoms with van der Waals surface area (Å²) < 4.78 is 5.68. The molecule has 3 nitrogen and oxygen atoms in total. The van der Waals surface area contributed by atoms with E-state index in [0.717, 1.165) is 0 Å². The number of ether oxygens (including phenoxy) is 1. The molecule has 0 aliphatic heterocycles. The fourth-order valence-electron chi connectivity index (χ4n) is 1.84. The molecule has 2 aromatic carbocycles. The highest BCUT2D eigenvalue weighted by atomic mass is 35.5. The Morgan fingerprint density at radius 1 is 1.18 bits per heavy atom. The molecule has 0 radical (unpaired) electrons. The van der Waals surface area contributed by atoms with Crippen LogP contribution in [0.25, 0.3) is 0 Å². The molecule has 116 valence electrons. The first-order valence-electron chi connectivity index (χ1n) is 6.68. The molecular formula is C16H14Cl3NO2. The molecule has 0 aromatic heterocycles. The van der Waals surface area contributed by atoms with Crippen LogP contribution in [0.1, 0.15) is 13.3 Å². The maximum absolute atomic E-state index is 12.3. The van der Waals surface area contributed by atoms with E-state index >= 15 is 0 Å². The van der Waals surface area contributed by atoms with Crippen LogP contribution in [0.4, 0.5) is 5.69 Å². The molecule has 22 heavy (non-hydrogen) atoms. The number of benzene rings is 2. The van der Waals surface area contributed by atoms with Gasteiger partial charge in [-0.3, -0.25) is 4.79 Å². The van der Waals surface area contributed by atoms with Crippen molar-refractivity contribution in [2.24, 2.45) is 0 Å². The molecule has 2 aromatic rings. The summed E-state index contributed by atoms with van der Waals surface area (Å²) in [5, 5.41) is 3.95. The summed E-state index contributed by atoms with van der Waals surface area (Å²) in [6.45, 7) is 1.86. The third-order valence-corrected chi connectivity index (χ3v) is 4.00. The van der Waals surface area contributed by atoms with Crippen molar-refractivity contribution in [1.29, 1.82) is 0 Å². The van der Waals surface area contributed by atoms with Crippen LogP contribution >= 0.6 is 34.8 Å². The molecule has 0 spiro atoms. The standard InChI is InChI=1S/C16H14Cl3NO2/c1-2-14(22-11-6-3-5-10(17)9-11)16(21)20-13-8-4-7-12(18)15(13)19/h3-9,14H,2H2,1H3,(H,20,21). The number of amides is 1. The number of carbonyl (C=O) groups excluding carboxylic acids is 1. The number of hydrogen-bond acceptors (Lipinski definition) is 2. The Balaban J connectivity index is 2.10. The molecule has 2 rings (SSSR count). The molecule has 0 saturated carbocycles. The van der Waals surface area contributed by atoms with E-state index in [4.69, 9.17) is 39.5 Å². The molecule has 0 heterocycles. The summed E-state index contributed by atoms with van der Waals surface area (Å²) in [6, 6.07) is 11.9. The number of anilines is 1. The first-order chi connectivity index (χ1) is 10.5. The van der Waals surface area contributed by atoms with Gasteiger partial charge in [-0.25, -0.2) is 0 Å². The van der Waals surface area contributed by atoms with Gasteiger partial charge in [0.2, 0.25) is 0 Å². The molecule has 0 bridgehead atoms. The zero-order valence-corrected chi connectivity index (χ0v) is 14.0. The lowest BCUT2D eigenvalue weighted by atomic mass is 10.2. The van der Waals surface area contributed by atoms with Crippen LogP contribution in [0.15, 0.2) is 42.5 Å². The van der Waals surface area contributed by atoms with E-state index in [1.54, 1.807) is 42.5 Å². The smallest absolute Gasteiger partial charge is 0.265 e. The van der Waals surface area contributed by atoms with Crippen molar-refractivity contribution in [1.82, 2.24) is 0 Å². The Labute approximate surface area is 144 Å². The van der Waals surface area contributed by atoms with Gasteiger partial charge in [0.1, 0.15) is 5.75 Å². The zero-order chi connectivity index (χ0) is 16.1. The predicted octanol–water partition coefficient (Wildman–Crippen LogP) is 5.44. The van der Waals surface area contributed by atoms with Crippen LogP contribution in [0, 0.1) is 0 Å². The monoisotopic (exact) mass is 357 g/mol. The fraction of sp³-hybridized carbons (Fsp3) is 0.188. The molecule has 6 heteroatoms. The second kappa shape index (κ2) is 7.73. The van der Waals surface area contributed by atoms with Gasteiger partial charge < -0.3 is 10.1 Å². The van der Waals surface area contributed by atoms with E-state index in [9.17, 15) is 4.79 Å². The molecule has 0 aliphatic carbocycles. The van der Waals surface area contributed by atoms with E-state index in [0.29, 0.717) is 32.9 Å². The second-order valence-electron chi connectivity index (χ2n) is 4.56. The van der Waals surface area contributed by atoms with Crippen molar-refractivity contribution < 1.29 is 9.53 Å². The van der Waals surface area contributed by atoms with Crippen molar-refractivity contribution in [3.8, 4) is 5.75 Å². The number of nitrogens with one attached hydrogen (secondary N) is 1. The molecule has 0 aliphatic rings. The summed E-state index contributed by atoms with van der Waals surface area (Å²) in [5.74, 6) is 0.235. The normalized spacial score (nSPS) is 11.8. The van der Waals surface area contributed by atoms with E-state index < -0.39 is 6.10 Å². The van der Waals surface area contributed by atoms with Gasteiger partial charge in [-0.05, 0) is 36.8 Å². The molecule has 1 amide bonds. The van der Waals surface area contributed by atoms with Gasteiger partial charge in [-0.15, -0.1) is 0 Å². The van der Waals surface area contributed by atoms with Crippen molar-refractivity contribution >= 4 is 46.4 Å². The summed E-state index contributed by atoms with van der Waals surface area (Å²) in [4.78, 5) is 12.3. The van der Waals surface area contributed by atoms with Crippen LogP contribution in [0.3, 0.4) is 0 Å². The average Bonchev–Trinajstić information content (AvgIpc) is 2.49. The number of rotatable bonds is 5. The van der Waals surface area contributed by atoms with E-state index in [2.05, 4.69) is 5.32 Å². The Hall–Kier alpha value is -1.42. The lowest BCUT2D eigenvalue weighted by Crippen LogP contribution is -2.32. The highest BCUT2D eigenvalue weighted by Gasteiger charge is 2.20. The van der Waals surface area contributed by atoms with Gasteiger partial charge in [-0.1, -0.05) is 53.9 Å². The average molecular weight is 359 g/mol. The zero-order valence-electron chi connectivity index (χ0n) is 11.8. The molecule has 0 fully saturated rings. The summed E-state index contributed by atoms with van der Waals surface area (Å²) in [6.07, 6.45) is -0.162. The minimum Gasteiger partial charge on any atom is -0.481 e. The van der Waals surface area contributed by atoms with Crippen LogP contribution in [-0.2, 0) is 4.79 Å². The minimum absolute atomic E-state index is 0.299. The topological polar surface area (TPSA) is 38.3 Å².